The fourth-order valence-corrected chi connectivity index (χ4v) is 3.00. The predicted octanol–water partition coefficient (Wildman–Crippen LogP) is 0.732. The molecule has 1 aromatic heterocycles. The van der Waals surface area contributed by atoms with E-state index in [9.17, 15) is 0 Å². The van der Waals surface area contributed by atoms with Gasteiger partial charge in [-0.1, -0.05) is 0 Å². The van der Waals surface area contributed by atoms with Gasteiger partial charge in [0, 0.05) is 31.4 Å². The predicted molar refractivity (Wildman–Crippen MR) is 67.8 cm³/mol. The van der Waals surface area contributed by atoms with Crippen molar-refractivity contribution < 1.29 is 0 Å². The first kappa shape index (κ1) is 10.8. The van der Waals surface area contributed by atoms with Gasteiger partial charge in [-0.15, -0.1) is 0 Å². The maximum Gasteiger partial charge on any atom is 0.227 e. The average molecular weight is 233 g/mol. The molecule has 0 saturated carbocycles. The topological polar surface area (TPSA) is 58.3 Å². The van der Waals surface area contributed by atoms with Gasteiger partial charge < -0.3 is 10.6 Å². The molecule has 92 valence electrons. The molecule has 5 heteroatoms. The van der Waals surface area contributed by atoms with Gasteiger partial charge in [0.25, 0.3) is 0 Å². The third kappa shape index (κ3) is 1.95. The zero-order chi connectivity index (χ0) is 11.8. The van der Waals surface area contributed by atoms with Gasteiger partial charge in [-0.25, -0.2) is 4.98 Å². The molecule has 2 unspecified atom stereocenters. The number of nitrogen functional groups attached to an aromatic ring is 1. The van der Waals surface area contributed by atoms with E-state index in [0.717, 1.165) is 25.1 Å². The number of aromatic nitrogens is 2. The number of hydrogen-bond acceptors (Lipinski definition) is 5. The van der Waals surface area contributed by atoms with Crippen molar-refractivity contribution in [2.24, 2.45) is 0 Å². The van der Waals surface area contributed by atoms with Crippen molar-refractivity contribution in [2.75, 3.05) is 30.8 Å². The van der Waals surface area contributed by atoms with Gasteiger partial charge in [0.05, 0.1) is 0 Å². The van der Waals surface area contributed by atoms with Crippen LogP contribution in [-0.4, -0.2) is 47.1 Å². The van der Waals surface area contributed by atoms with E-state index in [1.807, 2.05) is 0 Å². The lowest BCUT2D eigenvalue weighted by Gasteiger charge is -2.25. The molecule has 5 nitrogen and oxygen atoms in total. The molecule has 0 amide bonds. The van der Waals surface area contributed by atoms with Gasteiger partial charge in [0.1, 0.15) is 5.82 Å². The minimum Gasteiger partial charge on any atom is -0.384 e. The molecule has 2 aliphatic heterocycles. The van der Waals surface area contributed by atoms with Crippen molar-refractivity contribution in [1.29, 1.82) is 0 Å². The third-order valence-corrected chi connectivity index (χ3v) is 4.10. The number of nitrogens with zero attached hydrogens (tertiary/aromatic N) is 4. The second-order valence-corrected chi connectivity index (χ2v) is 5.07. The Hall–Kier alpha value is -1.36. The van der Waals surface area contributed by atoms with Crippen molar-refractivity contribution in [3.63, 3.8) is 0 Å². The van der Waals surface area contributed by atoms with Crippen molar-refractivity contribution >= 4 is 11.8 Å². The second kappa shape index (κ2) is 4.14. The third-order valence-electron chi connectivity index (χ3n) is 4.10. The van der Waals surface area contributed by atoms with Crippen LogP contribution in [0.3, 0.4) is 0 Å². The molecule has 2 N–H and O–H groups in total. The maximum absolute atomic E-state index is 5.72. The Morgan fingerprint density at radius 1 is 1.29 bits per heavy atom. The van der Waals surface area contributed by atoms with Crippen molar-refractivity contribution in [3.8, 4) is 0 Å². The van der Waals surface area contributed by atoms with E-state index in [-0.39, 0.29) is 0 Å². The van der Waals surface area contributed by atoms with Crippen LogP contribution in [0, 0.1) is 0 Å². The van der Waals surface area contributed by atoms with Gasteiger partial charge in [-0.05, 0) is 32.4 Å². The zero-order valence-corrected chi connectivity index (χ0v) is 10.2. The molecule has 17 heavy (non-hydrogen) atoms. The fraction of sp³-hybridized carbons (Fsp3) is 0.667. The minimum absolute atomic E-state index is 0.553. The highest BCUT2D eigenvalue weighted by atomic mass is 15.3. The summed E-state index contributed by atoms with van der Waals surface area (Å²) < 4.78 is 0. The first-order chi connectivity index (χ1) is 8.24. The summed E-state index contributed by atoms with van der Waals surface area (Å²) in [7, 11) is 2.24. The molecule has 2 bridgehead atoms. The van der Waals surface area contributed by atoms with Crippen LogP contribution in [0.5, 0.6) is 0 Å². The van der Waals surface area contributed by atoms with Crippen LogP contribution in [0.2, 0.25) is 0 Å². The summed E-state index contributed by atoms with van der Waals surface area (Å²) in [5.41, 5.74) is 5.72. The Morgan fingerprint density at radius 3 is 2.94 bits per heavy atom. The lowest BCUT2D eigenvalue weighted by molar-refractivity contribution is 0.254. The van der Waals surface area contributed by atoms with Gasteiger partial charge in [-0.2, -0.15) is 4.98 Å². The number of likely N-dealkylation sites (N-methyl/N-ethyl adjacent to an activating group) is 1. The van der Waals surface area contributed by atoms with Crippen LogP contribution in [0.1, 0.15) is 19.3 Å². The van der Waals surface area contributed by atoms with Crippen LogP contribution >= 0.6 is 0 Å². The highest BCUT2D eigenvalue weighted by Crippen LogP contribution is 2.29. The van der Waals surface area contributed by atoms with Crippen LogP contribution in [0.4, 0.5) is 11.8 Å². The number of anilines is 2. The maximum atomic E-state index is 5.72. The molecule has 3 rings (SSSR count). The van der Waals surface area contributed by atoms with E-state index in [4.69, 9.17) is 5.73 Å². The first-order valence-electron chi connectivity index (χ1n) is 6.29. The van der Waals surface area contributed by atoms with Crippen LogP contribution in [0.25, 0.3) is 0 Å². The number of rotatable bonds is 1. The lowest BCUT2D eigenvalue weighted by Crippen LogP contribution is -2.37. The number of fused-ring (bicyclic) bond motifs is 2. The van der Waals surface area contributed by atoms with Crippen molar-refractivity contribution in [1.82, 2.24) is 14.9 Å². The van der Waals surface area contributed by atoms with Gasteiger partial charge in [0.15, 0.2) is 0 Å². The molecule has 0 radical (unpaired) electrons. The number of nitrogens with two attached hydrogens (primary N) is 1. The fourth-order valence-electron chi connectivity index (χ4n) is 3.00. The Kier molecular flexibility index (Phi) is 2.63. The normalized spacial score (nSPS) is 29.4. The Labute approximate surface area is 102 Å². The van der Waals surface area contributed by atoms with Crippen molar-refractivity contribution in [2.45, 2.75) is 31.3 Å². The lowest BCUT2D eigenvalue weighted by atomic mass is 10.1. The smallest absolute Gasteiger partial charge is 0.227 e. The summed E-state index contributed by atoms with van der Waals surface area (Å²) in [5, 5.41) is 0. The Bertz CT molecular complexity index is 408. The van der Waals surface area contributed by atoms with E-state index in [1.54, 1.807) is 12.3 Å². The van der Waals surface area contributed by atoms with Gasteiger partial charge in [-0.3, -0.25) is 4.90 Å². The van der Waals surface area contributed by atoms with Crippen LogP contribution in [0.15, 0.2) is 12.3 Å². The molecule has 0 aliphatic carbocycles. The van der Waals surface area contributed by atoms with E-state index in [2.05, 4.69) is 26.8 Å². The summed E-state index contributed by atoms with van der Waals surface area (Å²) in [4.78, 5) is 13.4. The second-order valence-electron chi connectivity index (χ2n) is 5.07. The summed E-state index contributed by atoms with van der Waals surface area (Å²) in [5.74, 6) is 1.34. The summed E-state index contributed by atoms with van der Waals surface area (Å²) >= 11 is 0. The van der Waals surface area contributed by atoms with Crippen LogP contribution in [-0.2, 0) is 0 Å². The van der Waals surface area contributed by atoms with Gasteiger partial charge >= 0.3 is 0 Å². The van der Waals surface area contributed by atoms with E-state index >= 15 is 0 Å². The molecule has 2 aliphatic rings. The molecular weight excluding hydrogens is 214 g/mol. The van der Waals surface area contributed by atoms with E-state index in [0.29, 0.717) is 11.9 Å². The summed E-state index contributed by atoms with van der Waals surface area (Å²) in [6, 6.07) is 3.12. The molecule has 1 aromatic rings. The Balaban J connectivity index is 1.81. The SMILES string of the molecule is CN1C2CCC1CN(c1nccc(N)n1)CC2. The molecule has 0 aromatic carbocycles. The standard InChI is InChI=1S/C12H19N5/c1-16-9-2-3-10(16)8-17(7-5-9)12-14-6-4-11(13)15-12/h4,6,9-10H,2-3,5,7-8H2,1H3,(H2,13,14,15). The van der Waals surface area contributed by atoms with E-state index < -0.39 is 0 Å². The molecule has 3 heterocycles. The average Bonchev–Trinajstić information content (AvgIpc) is 2.53. The molecule has 2 fully saturated rings. The number of hydrogen-bond donors (Lipinski definition) is 1. The molecule has 2 atom stereocenters. The molecule has 2 saturated heterocycles. The Morgan fingerprint density at radius 2 is 2.12 bits per heavy atom. The van der Waals surface area contributed by atoms with Crippen LogP contribution < -0.4 is 10.6 Å². The van der Waals surface area contributed by atoms with Crippen molar-refractivity contribution in [3.05, 3.63) is 12.3 Å². The minimum atomic E-state index is 0.553. The summed E-state index contributed by atoms with van der Waals surface area (Å²) in [6.07, 6.45) is 5.57. The zero-order valence-electron chi connectivity index (χ0n) is 10.2. The largest absolute Gasteiger partial charge is 0.384 e. The molecule has 0 spiro atoms. The van der Waals surface area contributed by atoms with Gasteiger partial charge in [0.2, 0.25) is 5.95 Å². The van der Waals surface area contributed by atoms with E-state index in [1.165, 1.54) is 19.3 Å². The quantitative estimate of drug-likeness (QED) is 0.775. The monoisotopic (exact) mass is 233 g/mol. The first-order valence-corrected chi connectivity index (χ1v) is 6.29. The highest BCUT2D eigenvalue weighted by Gasteiger charge is 2.35. The molecular formula is C12H19N5. The summed E-state index contributed by atoms with van der Waals surface area (Å²) in [6.45, 7) is 2.06. The highest BCUT2D eigenvalue weighted by molar-refractivity contribution is 5.38.